The van der Waals surface area contributed by atoms with E-state index in [-0.39, 0.29) is 0 Å². The molecule has 2 rings (SSSR count). The van der Waals surface area contributed by atoms with Crippen LogP contribution >= 0.6 is 0 Å². The molecule has 98 valence electrons. The molecule has 0 fully saturated rings. The Labute approximate surface area is 112 Å². The second-order valence-corrected chi connectivity index (χ2v) is 5.71. The molecule has 0 amide bonds. The van der Waals surface area contributed by atoms with Crippen molar-refractivity contribution >= 4 is 0 Å². The lowest BCUT2D eigenvalue weighted by atomic mass is 9.86. The topological polar surface area (TPSA) is 0 Å². The van der Waals surface area contributed by atoms with Crippen molar-refractivity contribution in [3.63, 3.8) is 0 Å². The summed E-state index contributed by atoms with van der Waals surface area (Å²) in [4.78, 5) is 0. The molecule has 0 N–H and O–H groups in total. The zero-order valence-corrected chi connectivity index (χ0v) is 11.9. The summed E-state index contributed by atoms with van der Waals surface area (Å²) in [6.07, 6.45) is 11.7. The summed E-state index contributed by atoms with van der Waals surface area (Å²) in [6, 6.07) is 9.37. The van der Waals surface area contributed by atoms with Gasteiger partial charge in [0, 0.05) is 5.92 Å². The smallest absolute Gasteiger partial charge is 0.00206 e. The molecule has 1 aliphatic rings. The molecule has 1 aromatic rings. The molecular formula is C18H26. The van der Waals surface area contributed by atoms with Crippen molar-refractivity contribution in [2.45, 2.75) is 64.7 Å². The first-order chi connectivity index (χ1) is 8.79. The van der Waals surface area contributed by atoms with Crippen molar-refractivity contribution in [3.05, 3.63) is 47.0 Å². The molecule has 0 saturated heterocycles. The third-order valence-corrected chi connectivity index (χ3v) is 4.05. The number of hydrogen-bond acceptors (Lipinski definition) is 0. The van der Waals surface area contributed by atoms with Gasteiger partial charge in [-0.25, -0.2) is 0 Å². The maximum atomic E-state index is 2.47. The van der Waals surface area contributed by atoms with Gasteiger partial charge in [-0.2, -0.15) is 0 Å². The molecular weight excluding hydrogens is 216 g/mol. The lowest BCUT2D eigenvalue weighted by Crippen LogP contribution is -2.02. The molecule has 1 atom stereocenters. The van der Waals surface area contributed by atoms with Gasteiger partial charge in [-0.3, -0.25) is 0 Å². The third-order valence-electron chi connectivity index (χ3n) is 4.05. The van der Waals surface area contributed by atoms with Crippen LogP contribution < -0.4 is 0 Å². The average molecular weight is 242 g/mol. The molecule has 0 aliphatic heterocycles. The van der Waals surface area contributed by atoms with E-state index in [1.165, 1.54) is 56.1 Å². The molecule has 0 radical (unpaired) electrons. The summed E-state index contributed by atoms with van der Waals surface area (Å²) in [7, 11) is 0. The van der Waals surface area contributed by atoms with E-state index in [1.807, 2.05) is 0 Å². The van der Waals surface area contributed by atoms with Crippen LogP contribution in [0.15, 0.2) is 35.9 Å². The minimum absolute atomic E-state index is 0.670. The van der Waals surface area contributed by atoms with Gasteiger partial charge in [-0.05, 0) is 50.2 Å². The Morgan fingerprint density at radius 2 is 1.89 bits per heavy atom. The van der Waals surface area contributed by atoms with Crippen molar-refractivity contribution in [2.24, 2.45) is 0 Å². The molecule has 1 aromatic carbocycles. The molecule has 0 heterocycles. The van der Waals surface area contributed by atoms with Gasteiger partial charge in [0.2, 0.25) is 0 Å². The lowest BCUT2D eigenvalue weighted by molar-refractivity contribution is 0.633. The lowest BCUT2D eigenvalue weighted by Gasteiger charge is -2.20. The van der Waals surface area contributed by atoms with Crippen LogP contribution in [-0.4, -0.2) is 0 Å². The predicted molar refractivity (Wildman–Crippen MR) is 80.0 cm³/mol. The number of benzene rings is 1. The van der Waals surface area contributed by atoms with Crippen molar-refractivity contribution in [2.75, 3.05) is 0 Å². The van der Waals surface area contributed by atoms with E-state index in [2.05, 4.69) is 44.2 Å². The molecule has 0 heteroatoms. The summed E-state index contributed by atoms with van der Waals surface area (Å²) >= 11 is 0. The fourth-order valence-corrected chi connectivity index (χ4v) is 2.88. The van der Waals surface area contributed by atoms with Crippen LogP contribution in [0.2, 0.25) is 0 Å². The Balaban J connectivity index is 1.96. The van der Waals surface area contributed by atoms with E-state index in [0.29, 0.717) is 5.92 Å². The normalized spacial score (nSPS) is 19.7. The summed E-state index contributed by atoms with van der Waals surface area (Å²) in [5.74, 6) is 0.670. The Hall–Kier alpha value is -1.04. The molecule has 0 saturated carbocycles. The van der Waals surface area contributed by atoms with Crippen molar-refractivity contribution < 1.29 is 0 Å². The molecule has 0 aromatic heterocycles. The highest BCUT2D eigenvalue weighted by molar-refractivity contribution is 5.30. The Kier molecular flexibility index (Phi) is 5.04. The number of aryl methyl sites for hydroxylation is 1. The fourth-order valence-electron chi connectivity index (χ4n) is 2.88. The van der Waals surface area contributed by atoms with E-state index in [0.717, 1.165) is 0 Å². The predicted octanol–water partition coefficient (Wildman–Crippen LogP) is 5.63. The second-order valence-electron chi connectivity index (χ2n) is 5.71. The highest BCUT2D eigenvalue weighted by Crippen LogP contribution is 2.30. The van der Waals surface area contributed by atoms with Gasteiger partial charge >= 0.3 is 0 Å². The molecule has 0 spiro atoms. The summed E-state index contributed by atoms with van der Waals surface area (Å²) in [5, 5.41) is 0. The highest BCUT2D eigenvalue weighted by atomic mass is 14.2. The van der Waals surface area contributed by atoms with Gasteiger partial charge in [-0.1, -0.05) is 55.7 Å². The van der Waals surface area contributed by atoms with Gasteiger partial charge < -0.3 is 0 Å². The van der Waals surface area contributed by atoms with Crippen LogP contribution in [0.3, 0.4) is 0 Å². The minimum atomic E-state index is 0.670. The molecule has 1 aliphatic carbocycles. The quantitative estimate of drug-likeness (QED) is 0.463. The van der Waals surface area contributed by atoms with Crippen LogP contribution in [0.25, 0.3) is 0 Å². The highest BCUT2D eigenvalue weighted by Gasteiger charge is 2.13. The largest absolute Gasteiger partial charge is 0.0781 e. The maximum Gasteiger partial charge on any atom is 0.00206 e. The average Bonchev–Trinajstić information content (AvgIpc) is 2.40. The van der Waals surface area contributed by atoms with Crippen molar-refractivity contribution in [1.29, 1.82) is 0 Å². The van der Waals surface area contributed by atoms with Crippen LogP contribution in [-0.2, 0) is 6.42 Å². The van der Waals surface area contributed by atoms with Gasteiger partial charge in [0.05, 0.1) is 0 Å². The number of allylic oxidation sites excluding steroid dienone is 2. The molecule has 0 nitrogen and oxygen atoms in total. The zero-order valence-electron chi connectivity index (χ0n) is 11.9. The first kappa shape index (κ1) is 13.4. The minimum Gasteiger partial charge on any atom is -0.0781 e. The first-order valence-electron chi connectivity index (χ1n) is 7.55. The van der Waals surface area contributed by atoms with Gasteiger partial charge in [-0.15, -0.1) is 0 Å². The summed E-state index contributed by atoms with van der Waals surface area (Å²) in [5.41, 5.74) is 4.58. The Bertz CT molecular complexity index is 383. The number of unbranched alkanes of at least 4 members (excludes halogenated alkanes) is 2. The van der Waals surface area contributed by atoms with Crippen LogP contribution in [0.4, 0.5) is 0 Å². The molecule has 18 heavy (non-hydrogen) atoms. The van der Waals surface area contributed by atoms with Gasteiger partial charge in [0.25, 0.3) is 0 Å². The number of rotatable bonds is 5. The summed E-state index contributed by atoms with van der Waals surface area (Å²) in [6.45, 7) is 4.53. The van der Waals surface area contributed by atoms with E-state index in [9.17, 15) is 0 Å². The molecule has 0 bridgehead atoms. The van der Waals surface area contributed by atoms with Crippen LogP contribution in [0.1, 0.15) is 69.4 Å². The maximum absolute atomic E-state index is 2.47. The Morgan fingerprint density at radius 1 is 1.11 bits per heavy atom. The fraction of sp³-hybridized carbons (Fsp3) is 0.556. The third kappa shape index (κ3) is 3.73. The molecule has 1 unspecified atom stereocenters. The second kappa shape index (κ2) is 6.78. The van der Waals surface area contributed by atoms with Gasteiger partial charge in [0.15, 0.2) is 0 Å². The SMILES string of the molecule is CCCCCc1ccc(C2C=C(C)CCC2)cc1. The standard InChI is InChI=1S/C18H26/c1-3-4-5-8-16-10-12-17(13-11-16)18-9-6-7-15(2)14-18/h10-14,18H,3-9H2,1-2H3. The van der Waals surface area contributed by atoms with Gasteiger partial charge in [0.1, 0.15) is 0 Å². The zero-order chi connectivity index (χ0) is 12.8. The van der Waals surface area contributed by atoms with E-state index in [1.54, 1.807) is 5.57 Å². The Morgan fingerprint density at radius 3 is 2.56 bits per heavy atom. The van der Waals surface area contributed by atoms with E-state index < -0.39 is 0 Å². The van der Waals surface area contributed by atoms with E-state index in [4.69, 9.17) is 0 Å². The van der Waals surface area contributed by atoms with Crippen molar-refractivity contribution in [3.8, 4) is 0 Å². The van der Waals surface area contributed by atoms with Crippen molar-refractivity contribution in [1.82, 2.24) is 0 Å². The van der Waals surface area contributed by atoms with E-state index >= 15 is 0 Å². The monoisotopic (exact) mass is 242 g/mol. The van der Waals surface area contributed by atoms with Crippen LogP contribution in [0, 0.1) is 0 Å². The number of hydrogen-bond donors (Lipinski definition) is 0. The van der Waals surface area contributed by atoms with Crippen LogP contribution in [0.5, 0.6) is 0 Å². The summed E-state index contributed by atoms with van der Waals surface area (Å²) < 4.78 is 0. The first-order valence-corrected chi connectivity index (χ1v) is 7.55.